The van der Waals surface area contributed by atoms with Gasteiger partial charge in [0.2, 0.25) is 0 Å². The summed E-state index contributed by atoms with van der Waals surface area (Å²) in [5, 5.41) is 0. The quantitative estimate of drug-likeness (QED) is 0.815. The van der Waals surface area contributed by atoms with Gasteiger partial charge in [-0.2, -0.15) is 0 Å². The van der Waals surface area contributed by atoms with E-state index in [0.29, 0.717) is 19.5 Å². The van der Waals surface area contributed by atoms with Crippen LogP contribution in [0.4, 0.5) is 18.9 Å². The molecule has 0 heterocycles. The van der Waals surface area contributed by atoms with Gasteiger partial charge in [-0.1, -0.05) is 12.1 Å². The third-order valence-corrected chi connectivity index (χ3v) is 2.18. The highest BCUT2D eigenvalue weighted by molar-refractivity contribution is 5.47. The normalized spacial score (nSPS) is 10.8. The zero-order valence-corrected chi connectivity index (χ0v) is 8.87. The molecule has 0 atom stereocenters. The third-order valence-electron chi connectivity index (χ3n) is 2.18. The minimum Gasteiger partial charge on any atom is -0.363 e. The lowest BCUT2D eigenvalue weighted by Crippen LogP contribution is -2.31. The predicted octanol–water partition coefficient (Wildman–Crippen LogP) is 2.25. The van der Waals surface area contributed by atoms with Crippen molar-refractivity contribution in [1.29, 1.82) is 0 Å². The highest BCUT2D eigenvalue weighted by atomic mass is 19.3. The van der Waals surface area contributed by atoms with E-state index in [2.05, 4.69) is 0 Å². The van der Waals surface area contributed by atoms with E-state index in [1.807, 2.05) is 0 Å². The first-order valence-electron chi connectivity index (χ1n) is 5.13. The lowest BCUT2D eigenvalue weighted by Gasteiger charge is -2.24. The minimum absolute atomic E-state index is 0.205. The topological polar surface area (TPSA) is 29.3 Å². The van der Waals surface area contributed by atoms with Gasteiger partial charge < -0.3 is 10.6 Å². The van der Waals surface area contributed by atoms with E-state index in [1.54, 1.807) is 6.07 Å². The van der Waals surface area contributed by atoms with E-state index in [1.165, 1.54) is 23.1 Å². The maximum absolute atomic E-state index is 13.4. The Labute approximate surface area is 92.9 Å². The third kappa shape index (κ3) is 3.73. The molecule has 0 saturated heterocycles. The molecule has 1 aromatic rings. The van der Waals surface area contributed by atoms with Crippen LogP contribution >= 0.6 is 0 Å². The van der Waals surface area contributed by atoms with Crippen LogP contribution < -0.4 is 10.6 Å². The summed E-state index contributed by atoms with van der Waals surface area (Å²) in [5.41, 5.74) is 5.52. The number of nitrogens with zero attached hydrogens (tertiary/aromatic N) is 1. The molecule has 2 N–H and O–H groups in total. The number of halogens is 3. The summed E-state index contributed by atoms with van der Waals surface area (Å²) in [7, 11) is 0. The van der Waals surface area contributed by atoms with Crippen molar-refractivity contribution in [3.05, 3.63) is 30.1 Å². The van der Waals surface area contributed by atoms with Gasteiger partial charge in [-0.05, 0) is 25.1 Å². The summed E-state index contributed by atoms with van der Waals surface area (Å²) < 4.78 is 38.1. The molecular formula is C11H15F3N2. The molecule has 0 aliphatic carbocycles. The SMILES string of the molecule is NCCCN(CC(F)F)c1ccccc1F. The van der Waals surface area contributed by atoms with Gasteiger partial charge in [0.05, 0.1) is 12.2 Å². The van der Waals surface area contributed by atoms with Crippen LogP contribution in [-0.2, 0) is 0 Å². The molecule has 0 aliphatic heterocycles. The second kappa shape index (κ2) is 6.37. The molecule has 16 heavy (non-hydrogen) atoms. The van der Waals surface area contributed by atoms with Gasteiger partial charge in [0, 0.05) is 6.54 Å². The van der Waals surface area contributed by atoms with Gasteiger partial charge in [0.15, 0.2) is 0 Å². The van der Waals surface area contributed by atoms with Gasteiger partial charge in [0.1, 0.15) is 5.82 Å². The molecule has 0 radical (unpaired) electrons. The van der Waals surface area contributed by atoms with Crippen LogP contribution in [0.15, 0.2) is 24.3 Å². The fourth-order valence-electron chi connectivity index (χ4n) is 1.47. The predicted molar refractivity (Wildman–Crippen MR) is 58.3 cm³/mol. The maximum atomic E-state index is 13.4. The Kier molecular flexibility index (Phi) is 5.11. The molecule has 0 aliphatic rings. The first kappa shape index (κ1) is 12.8. The van der Waals surface area contributed by atoms with Crippen molar-refractivity contribution in [1.82, 2.24) is 0 Å². The Morgan fingerprint density at radius 2 is 1.94 bits per heavy atom. The molecule has 2 nitrogen and oxygen atoms in total. The van der Waals surface area contributed by atoms with Crippen molar-refractivity contribution in [3.8, 4) is 0 Å². The summed E-state index contributed by atoms with van der Waals surface area (Å²) in [4.78, 5) is 1.33. The Morgan fingerprint density at radius 3 is 2.50 bits per heavy atom. The van der Waals surface area contributed by atoms with Crippen LogP contribution in [-0.4, -0.2) is 26.1 Å². The Morgan fingerprint density at radius 1 is 1.25 bits per heavy atom. The van der Waals surface area contributed by atoms with E-state index in [4.69, 9.17) is 5.73 Å². The Hall–Kier alpha value is -1.23. The van der Waals surface area contributed by atoms with Gasteiger partial charge in [0.25, 0.3) is 6.43 Å². The van der Waals surface area contributed by atoms with E-state index >= 15 is 0 Å². The molecular weight excluding hydrogens is 217 g/mol. The van der Waals surface area contributed by atoms with Gasteiger partial charge in [-0.15, -0.1) is 0 Å². The van der Waals surface area contributed by atoms with Crippen LogP contribution in [0, 0.1) is 5.82 Å². The zero-order valence-electron chi connectivity index (χ0n) is 8.87. The van der Waals surface area contributed by atoms with Crippen molar-refractivity contribution < 1.29 is 13.2 Å². The standard InChI is InChI=1S/C11H15F3N2/c12-9-4-1-2-5-10(9)16(7-3-6-15)8-11(13)14/h1-2,4-5,11H,3,6-8,15H2. The highest BCUT2D eigenvalue weighted by Gasteiger charge is 2.15. The molecule has 0 bridgehead atoms. The molecule has 1 aromatic carbocycles. The molecule has 0 saturated carbocycles. The number of hydrogen-bond acceptors (Lipinski definition) is 2. The van der Waals surface area contributed by atoms with Gasteiger partial charge >= 0.3 is 0 Å². The van der Waals surface area contributed by atoms with Crippen molar-refractivity contribution in [2.75, 3.05) is 24.5 Å². The molecule has 0 spiro atoms. The number of para-hydroxylation sites is 1. The number of benzene rings is 1. The lowest BCUT2D eigenvalue weighted by molar-refractivity contribution is 0.154. The van der Waals surface area contributed by atoms with Crippen molar-refractivity contribution in [2.24, 2.45) is 5.73 Å². The van der Waals surface area contributed by atoms with E-state index in [9.17, 15) is 13.2 Å². The molecule has 0 amide bonds. The average molecular weight is 232 g/mol. The second-order valence-electron chi connectivity index (χ2n) is 3.43. The largest absolute Gasteiger partial charge is 0.363 e. The molecule has 1 rings (SSSR count). The Bertz CT molecular complexity index is 318. The zero-order chi connectivity index (χ0) is 12.0. The first-order chi connectivity index (χ1) is 7.65. The smallest absolute Gasteiger partial charge is 0.255 e. The number of hydrogen-bond donors (Lipinski definition) is 1. The van der Waals surface area contributed by atoms with Crippen LogP contribution in [0.1, 0.15) is 6.42 Å². The lowest BCUT2D eigenvalue weighted by atomic mass is 10.2. The van der Waals surface area contributed by atoms with Crippen LogP contribution in [0.3, 0.4) is 0 Å². The van der Waals surface area contributed by atoms with E-state index in [-0.39, 0.29) is 5.69 Å². The van der Waals surface area contributed by atoms with Gasteiger partial charge in [-0.3, -0.25) is 0 Å². The fraction of sp³-hybridized carbons (Fsp3) is 0.455. The molecule has 0 aromatic heterocycles. The number of nitrogens with two attached hydrogens (primary N) is 1. The summed E-state index contributed by atoms with van der Waals surface area (Å²) in [6.45, 7) is 0.261. The molecule has 0 fully saturated rings. The summed E-state index contributed by atoms with van der Waals surface area (Å²) in [6, 6.07) is 5.91. The average Bonchev–Trinajstić information content (AvgIpc) is 2.24. The summed E-state index contributed by atoms with van der Waals surface area (Å²) in [6.07, 6.45) is -1.93. The molecule has 0 unspecified atom stereocenters. The van der Waals surface area contributed by atoms with Gasteiger partial charge in [-0.25, -0.2) is 13.2 Å². The van der Waals surface area contributed by atoms with Crippen LogP contribution in [0.2, 0.25) is 0 Å². The van der Waals surface area contributed by atoms with E-state index < -0.39 is 18.8 Å². The summed E-state index contributed by atoms with van der Waals surface area (Å²) >= 11 is 0. The molecule has 90 valence electrons. The van der Waals surface area contributed by atoms with Crippen molar-refractivity contribution in [3.63, 3.8) is 0 Å². The van der Waals surface area contributed by atoms with E-state index in [0.717, 1.165) is 0 Å². The Balaban J connectivity index is 2.78. The summed E-state index contributed by atoms with van der Waals surface area (Å²) in [5.74, 6) is -0.486. The van der Waals surface area contributed by atoms with Crippen molar-refractivity contribution >= 4 is 5.69 Å². The van der Waals surface area contributed by atoms with Crippen molar-refractivity contribution in [2.45, 2.75) is 12.8 Å². The molecule has 5 heteroatoms. The second-order valence-corrected chi connectivity index (χ2v) is 3.43. The minimum atomic E-state index is -2.49. The van der Waals surface area contributed by atoms with Crippen LogP contribution in [0.25, 0.3) is 0 Å². The number of alkyl halides is 2. The number of anilines is 1. The fourth-order valence-corrected chi connectivity index (χ4v) is 1.47. The maximum Gasteiger partial charge on any atom is 0.255 e. The number of rotatable bonds is 6. The monoisotopic (exact) mass is 232 g/mol. The van der Waals surface area contributed by atoms with Crippen LogP contribution in [0.5, 0.6) is 0 Å². The first-order valence-corrected chi connectivity index (χ1v) is 5.13. The highest BCUT2D eigenvalue weighted by Crippen LogP contribution is 2.19.